The van der Waals surface area contributed by atoms with E-state index in [1.807, 2.05) is 78.3 Å². The van der Waals surface area contributed by atoms with Gasteiger partial charge in [-0.3, -0.25) is 4.99 Å². The summed E-state index contributed by atoms with van der Waals surface area (Å²) in [5.74, 6) is 0.815. The Morgan fingerprint density at radius 3 is 2.63 bits per heavy atom. The number of nitrogens with one attached hydrogen (secondary N) is 1. The molecule has 144 valence electrons. The lowest BCUT2D eigenvalue weighted by atomic mass is 10.3. The van der Waals surface area contributed by atoms with Crippen LogP contribution in [-0.2, 0) is 20.1 Å². The van der Waals surface area contributed by atoms with Gasteiger partial charge in [-0.25, -0.2) is 4.68 Å². The minimum Gasteiger partial charge on any atom is -0.352 e. The van der Waals surface area contributed by atoms with Gasteiger partial charge in [0.05, 0.1) is 23.5 Å². The van der Waals surface area contributed by atoms with E-state index >= 15 is 0 Å². The van der Waals surface area contributed by atoms with E-state index in [1.165, 1.54) is 0 Å². The number of benzene rings is 1. The van der Waals surface area contributed by atoms with E-state index in [1.54, 1.807) is 7.05 Å². The predicted molar refractivity (Wildman–Crippen MR) is 121 cm³/mol. The summed E-state index contributed by atoms with van der Waals surface area (Å²) < 4.78 is 3.89. The molecule has 0 radical (unpaired) electrons. The van der Waals surface area contributed by atoms with Crippen molar-refractivity contribution in [3.8, 4) is 5.69 Å². The third-order valence-electron chi connectivity index (χ3n) is 4.15. The number of halogens is 2. The number of nitrogens with zero attached hydrogens (tertiary/aromatic N) is 5. The Balaban J connectivity index is 0.00000261. The van der Waals surface area contributed by atoms with E-state index in [0.717, 1.165) is 27.9 Å². The molecular formula is C19H24ClIN6. The molecule has 0 aliphatic carbocycles. The van der Waals surface area contributed by atoms with E-state index < -0.39 is 0 Å². The average Bonchev–Trinajstić information content (AvgIpc) is 3.23. The monoisotopic (exact) mass is 498 g/mol. The molecule has 0 aliphatic heterocycles. The molecule has 0 aliphatic rings. The maximum absolute atomic E-state index is 6.06. The molecule has 2 aromatic heterocycles. The summed E-state index contributed by atoms with van der Waals surface area (Å²) in [5, 5.41) is 8.54. The predicted octanol–water partition coefficient (Wildman–Crippen LogP) is 3.69. The third kappa shape index (κ3) is 5.49. The zero-order chi connectivity index (χ0) is 18.5. The van der Waals surface area contributed by atoms with Crippen molar-refractivity contribution in [1.29, 1.82) is 0 Å². The van der Waals surface area contributed by atoms with Gasteiger partial charge in [0, 0.05) is 51.3 Å². The Morgan fingerprint density at radius 1 is 1.26 bits per heavy atom. The quantitative estimate of drug-likeness (QED) is 0.332. The molecule has 1 aromatic carbocycles. The van der Waals surface area contributed by atoms with Crippen LogP contribution in [0.1, 0.15) is 11.3 Å². The van der Waals surface area contributed by atoms with Crippen LogP contribution < -0.4 is 5.32 Å². The molecule has 0 fully saturated rings. The lowest BCUT2D eigenvalue weighted by Gasteiger charge is -2.22. The molecule has 0 saturated carbocycles. The summed E-state index contributed by atoms with van der Waals surface area (Å²) in [6.07, 6.45) is 5.79. The van der Waals surface area contributed by atoms with Gasteiger partial charge in [0.25, 0.3) is 0 Å². The lowest BCUT2D eigenvalue weighted by molar-refractivity contribution is 0.461. The van der Waals surface area contributed by atoms with Gasteiger partial charge >= 0.3 is 0 Å². The second kappa shape index (κ2) is 9.80. The molecule has 2 heterocycles. The van der Waals surface area contributed by atoms with E-state index in [-0.39, 0.29) is 24.0 Å². The fraction of sp³-hybridized carbons (Fsp3) is 0.263. The second-order valence-electron chi connectivity index (χ2n) is 6.15. The lowest BCUT2D eigenvalue weighted by Crippen LogP contribution is -2.38. The maximum atomic E-state index is 6.06. The van der Waals surface area contributed by atoms with Crippen molar-refractivity contribution < 1.29 is 0 Å². The fourth-order valence-electron chi connectivity index (χ4n) is 2.78. The highest BCUT2D eigenvalue weighted by molar-refractivity contribution is 14.0. The average molecular weight is 499 g/mol. The highest BCUT2D eigenvalue weighted by atomic mass is 127. The number of para-hydroxylation sites is 1. The Labute approximate surface area is 181 Å². The molecule has 27 heavy (non-hydrogen) atoms. The molecule has 0 bridgehead atoms. The van der Waals surface area contributed by atoms with Crippen molar-refractivity contribution in [2.45, 2.75) is 13.1 Å². The van der Waals surface area contributed by atoms with Crippen molar-refractivity contribution in [2.75, 3.05) is 14.1 Å². The van der Waals surface area contributed by atoms with Gasteiger partial charge < -0.3 is 14.8 Å². The summed E-state index contributed by atoms with van der Waals surface area (Å²) in [5.41, 5.74) is 3.25. The van der Waals surface area contributed by atoms with Gasteiger partial charge in [-0.05, 0) is 18.2 Å². The van der Waals surface area contributed by atoms with Crippen LogP contribution in [0.2, 0.25) is 5.02 Å². The third-order valence-corrected chi connectivity index (χ3v) is 4.36. The van der Waals surface area contributed by atoms with Gasteiger partial charge in [-0.15, -0.1) is 24.0 Å². The maximum Gasteiger partial charge on any atom is 0.194 e. The van der Waals surface area contributed by atoms with E-state index in [0.29, 0.717) is 13.1 Å². The SMILES string of the molecule is CN=C(NCc1cnn(-c2ccccc2)c1)N(C)Cc1cc(Cl)cn1C.I. The number of aromatic nitrogens is 3. The summed E-state index contributed by atoms with van der Waals surface area (Å²) in [6.45, 7) is 1.36. The van der Waals surface area contributed by atoms with Crippen molar-refractivity contribution in [3.05, 3.63) is 71.3 Å². The van der Waals surface area contributed by atoms with Crippen LogP contribution in [0, 0.1) is 0 Å². The van der Waals surface area contributed by atoms with E-state index in [9.17, 15) is 0 Å². The molecule has 8 heteroatoms. The molecule has 0 spiro atoms. The first-order chi connectivity index (χ1) is 12.6. The van der Waals surface area contributed by atoms with Crippen molar-refractivity contribution in [2.24, 2.45) is 12.0 Å². The van der Waals surface area contributed by atoms with Crippen LogP contribution in [0.15, 0.2) is 60.0 Å². The van der Waals surface area contributed by atoms with Crippen LogP contribution in [0.25, 0.3) is 5.69 Å². The second-order valence-corrected chi connectivity index (χ2v) is 6.58. The fourth-order valence-corrected chi connectivity index (χ4v) is 3.05. The van der Waals surface area contributed by atoms with Crippen molar-refractivity contribution in [1.82, 2.24) is 24.6 Å². The zero-order valence-electron chi connectivity index (χ0n) is 15.6. The molecule has 0 unspecified atom stereocenters. The molecule has 6 nitrogen and oxygen atoms in total. The molecule has 3 aromatic rings. The first-order valence-corrected chi connectivity index (χ1v) is 8.76. The highest BCUT2D eigenvalue weighted by Gasteiger charge is 2.10. The molecular weight excluding hydrogens is 475 g/mol. The summed E-state index contributed by atoms with van der Waals surface area (Å²) in [4.78, 5) is 6.43. The van der Waals surface area contributed by atoms with Gasteiger partial charge in [0.2, 0.25) is 0 Å². The first kappa shape index (κ1) is 21.3. The number of aryl methyl sites for hydroxylation is 1. The molecule has 0 amide bonds. The number of hydrogen-bond donors (Lipinski definition) is 1. The van der Waals surface area contributed by atoms with Crippen LogP contribution >= 0.6 is 35.6 Å². The number of aliphatic imine (C=N–C) groups is 1. The van der Waals surface area contributed by atoms with Gasteiger partial charge in [0.15, 0.2) is 5.96 Å². The smallest absolute Gasteiger partial charge is 0.194 e. The summed E-state index contributed by atoms with van der Waals surface area (Å²) in [6, 6.07) is 12.0. The molecule has 1 N–H and O–H groups in total. The minimum atomic E-state index is 0. The summed E-state index contributed by atoms with van der Waals surface area (Å²) in [7, 11) is 5.77. The van der Waals surface area contributed by atoms with E-state index in [2.05, 4.69) is 20.3 Å². The van der Waals surface area contributed by atoms with Gasteiger partial charge in [-0.2, -0.15) is 5.10 Å². The van der Waals surface area contributed by atoms with Gasteiger partial charge in [0.1, 0.15) is 0 Å². The largest absolute Gasteiger partial charge is 0.352 e. The van der Waals surface area contributed by atoms with Crippen LogP contribution in [0.3, 0.4) is 0 Å². The number of rotatable bonds is 5. The molecule has 3 rings (SSSR count). The van der Waals surface area contributed by atoms with Crippen LogP contribution in [-0.4, -0.2) is 39.3 Å². The van der Waals surface area contributed by atoms with Crippen LogP contribution in [0.4, 0.5) is 0 Å². The Hall–Kier alpha value is -2.00. The molecule has 0 atom stereocenters. The molecule has 0 saturated heterocycles. The Kier molecular flexibility index (Phi) is 7.73. The van der Waals surface area contributed by atoms with E-state index in [4.69, 9.17) is 11.6 Å². The van der Waals surface area contributed by atoms with Crippen molar-refractivity contribution in [3.63, 3.8) is 0 Å². The normalized spacial score (nSPS) is 11.2. The Bertz CT molecular complexity index is 887. The first-order valence-electron chi connectivity index (χ1n) is 8.38. The minimum absolute atomic E-state index is 0. The highest BCUT2D eigenvalue weighted by Crippen LogP contribution is 2.14. The van der Waals surface area contributed by atoms with Gasteiger partial charge in [-0.1, -0.05) is 29.8 Å². The summed E-state index contributed by atoms with van der Waals surface area (Å²) >= 11 is 6.06. The standard InChI is InChI=1S/C19H23ClN6.HI/c1-21-19(25(3)14-18-9-16(20)13-24(18)2)22-10-15-11-23-26(12-15)17-7-5-4-6-8-17;/h4-9,11-13H,10,14H2,1-3H3,(H,21,22);1H. The number of hydrogen-bond acceptors (Lipinski definition) is 2. The Morgan fingerprint density at radius 2 is 2.00 bits per heavy atom. The topological polar surface area (TPSA) is 50.4 Å². The van der Waals surface area contributed by atoms with Crippen molar-refractivity contribution >= 4 is 41.5 Å². The number of guanidine groups is 1. The zero-order valence-corrected chi connectivity index (χ0v) is 18.7. The van der Waals surface area contributed by atoms with Crippen LogP contribution in [0.5, 0.6) is 0 Å².